The molecule has 0 aliphatic carbocycles. The van der Waals surface area contributed by atoms with E-state index < -0.39 is 24.1 Å². The molecule has 0 aromatic rings. The predicted molar refractivity (Wildman–Crippen MR) is 68.3 cm³/mol. The highest BCUT2D eigenvalue weighted by molar-refractivity contribution is 5.82. The Bertz CT molecular complexity index is 429. The first kappa shape index (κ1) is 16.0. The van der Waals surface area contributed by atoms with Crippen molar-refractivity contribution in [3.63, 3.8) is 0 Å². The molecule has 112 valence electrons. The van der Waals surface area contributed by atoms with Gasteiger partial charge in [-0.2, -0.15) is 0 Å². The molecule has 0 N–H and O–H groups in total. The van der Waals surface area contributed by atoms with Crippen LogP contribution < -0.4 is 0 Å². The zero-order chi connectivity index (χ0) is 15.3. The molecule has 0 aromatic carbocycles. The van der Waals surface area contributed by atoms with E-state index in [-0.39, 0.29) is 6.10 Å². The highest BCUT2D eigenvalue weighted by atomic mass is 16.6. The molecule has 0 unspecified atom stereocenters. The van der Waals surface area contributed by atoms with Crippen molar-refractivity contribution >= 4 is 18.0 Å². The van der Waals surface area contributed by atoms with Gasteiger partial charge in [0.05, 0.1) is 13.2 Å². The number of methoxy groups -OCH3 is 1. The third-order valence-electron chi connectivity index (χ3n) is 2.58. The third-order valence-corrected chi connectivity index (χ3v) is 2.58. The fourth-order valence-electron chi connectivity index (χ4n) is 1.80. The molecule has 1 aliphatic heterocycles. The molecule has 1 amide bonds. The van der Waals surface area contributed by atoms with Gasteiger partial charge in [-0.15, -0.1) is 0 Å². The van der Waals surface area contributed by atoms with E-state index in [0.29, 0.717) is 18.6 Å². The van der Waals surface area contributed by atoms with Crippen LogP contribution in [0.25, 0.3) is 0 Å². The Balaban J connectivity index is 2.94. The fraction of sp³-hybridized carbons (Fsp3) is 0.615. The minimum Gasteiger partial charge on any atom is -0.467 e. The summed E-state index contributed by atoms with van der Waals surface area (Å²) < 4.78 is 14.7. The second kappa shape index (κ2) is 6.93. The summed E-state index contributed by atoms with van der Waals surface area (Å²) in [5, 5.41) is 0. The van der Waals surface area contributed by atoms with Crippen LogP contribution >= 0.6 is 0 Å². The third kappa shape index (κ3) is 4.25. The monoisotopic (exact) mass is 285 g/mol. The van der Waals surface area contributed by atoms with E-state index in [1.54, 1.807) is 13.8 Å². The second-order valence-corrected chi connectivity index (χ2v) is 4.61. The van der Waals surface area contributed by atoms with Crippen LogP contribution in [0.15, 0.2) is 12.0 Å². The summed E-state index contributed by atoms with van der Waals surface area (Å²) >= 11 is 0. The summed E-state index contributed by atoms with van der Waals surface area (Å²) in [4.78, 5) is 35.7. The first-order valence-electron chi connectivity index (χ1n) is 6.31. The Hall–Kier alpha value is -2.05. The van der Waals surface area contributed by atoms with Crippen molar-refractivity contribution in [2.24, 2.45) is 0 Å². The average molecular weight is 285 g/mol. The summed E-state index contributed by atoms with van der Waals surface area (Å²) in [5.74, 6) is -0.702. The minimum atomic E-state index is -0.773. The lowest BCUT2D eigenvalue weighted by molar-refractivity contribution is -0.146. The van der Waals surface area contributed by atoms with Crippen molar-refractivity contribution in [3.8, 4) is 0 Å². The standard InChI is InChI=1S/C13H19NO6/c1-8(2)19-13(17)14-7-10(20-9(3)15)5-6-11(14)12(16)18-4/h7-8,11H,5-6H2,1-4H3/t11-/m0/s1. The van der Waals surface area contributed by atoms with Gasteiger partial charge in [-0.1, -0.05) is 0 Å². The van der Waals surface area contributed by atoms with E-state index in [1.807, 2.05) is 0 Å². The number of ether oxygens (including phenoxy) is 3. The van der Waals surface area contributed by atoms with Crippen LogP contribution in [0.1, 0.15) is 33.6 Å². The molecule has 20 heavy (non-hydrogen) atoms. The van der Waals surface area contributed by atoms with Crippen molar-refractivity contribution in [3.05, 3.63) is 12.0 Å². The summed E-state index contributed by atoms with van der Waals surface area (Å²) in [6, 6.07) is -0.773. The maximum Gasteiger partial charge on any atom is 0.414 e. The summed E-state index contributed by atoms with van der Waals surface area (Å²) in [6.45, 7) is 4.67. The summed E-state index contributed by atoms with van der Waals surface area (Å²) in [5.41, 5.74) is 0. The van der Waals surface area contributed by atoms with E-state index in [2.05, 4.69) is 4.74 Å². The van der Waals surface area contributed by atoms with Crippen LogP contribution in [-0.2, 0) is 23.8 Å². The number of allylic oxidation sites excluding steroid dienone is 1. The molecule has 1 atom stereocenters. The quantitative estimate of drug-likeness (QED) is 0.578. The molecule has 0 fully saturated rings. The number of amides is 1. The van der Waals surface area contributed by atoms with E-state index in [1.165, 1.54) is 20.2 Å². The zero-order valence-corrected chi connectivity index (χ0v) is 12.0. The van der Waals surface area contributed by atoms with Crippen molar-refractivity contribution in [1.29, 1.82) is 0 Å². The first-order valence-corrected chi connectivity index (χ1v) is 6.31. The highest BCUT2D eigenvalue weighted by Gasteiger charge is 2.35. The Morgan fingerprint density at radius 3 is 2.50 bits per heavy atom. The number of nitrogens with zero attached hydrogens (tertiary/aromatic N) is 1. The van der Waals surface area contributed by atoms with Gasteiger partial charge in [0, 0.05) is 19.5 Å². The fourth-order valence-corrected chi connectivity index (χ4v) is 1.80. The van der Waals surface area contributed by atoms with Gasteiger partial charge in [0.15, 0.2) is 0 Å². The van der Waals surface area contributed by atoms with Gasteiger partial charge in [-0.3, -0.25) is 9.69 Å². The maximum absolute atomic E-state index is 12.0. The van der Waals surface area contributed by atoms with Crippen molar-refractivity contribution < 1.29 is 28.6 Å². The van der Waals surface area contributed by atoms with Crippen LogP contribution in [0.4, 0.5) is 4.79 Å². The van der Waals surface area contributed by atoms with Crippen molar-refractivity contribution in [1.82, 2.24) is 4.90 Å². The molecule has 1 rings (SSSR count). The molecule has 7 nitrogen and oxygen atoms in total. The van der Waals surface area contributed by atoms with Gasteiger partial charge in [-0.05, 0) is 20.3 Å². The Labute approximate surface area is 117 Å². The first-order chi connectivity index (χ1) is 9.35. The lowest BCUT2D eigenvalue weighted by Gasteiger charge is -2.31. The molecular weight excluding hydrogens is 266 g/mol. The maximum atomic E-state index is 12.0. The SMILES string of the molecule is COC(=O)[C@@H]1CCC(OC(C)=O)=CN1C(=O)OC(C)C. The predicted octanol–water partition coefficient (Wildman–Crippen LogP) is 1.57. The summed E-state index contributed by atoms with van der Waals surface area (Å²) in [7, 11) is 1.25. The number of hydrogen-bond donors (Lipinski definition) is 0. The molecule has 0 radical (unpaired) electrons. The summed E-state index contributed by atoms with van der Waals surface area (Å²) in [6.07, 6.45) is 0.981. The Morgan fingerprint density at radius 1 is 1.35 bits per heavy atom. The van der Waals surface area contributed by atoms with E-state index >= 15 is 0 Å². The zero-order valence-electron chi connectivity index (χ0n) is 12.0. The Kier molecular flexibility index (Phi) is 5.54. The topological polar surface area (TPSA) is 82.1 Å². The van der Waals surface area contributed by atoms with Crippen molar-refractivity contribution in [2.75, 3.05) is 7.11 Å². The molecular formula is C13H19NO6. The molecule has 0 spiro atoms. The van der Waals surface area contributed by atoms with E-state index in [9.17, 15) is 14.4 Å². The normalized spacial score (nSPS) is 18.4. The van der Waals surface area contributed by atoms with Crippen LogP contribution in [0.3, 0.4) is 0 Å². The highest BCUT2D eigenvalue weighted by Crippen LogP contribution is 2.23. The number of hydrogen-bond acceptors (Lipinski definition) is 6. The largest absolute Gasteiger partial charge is 0.467 e. The van der Waals surface area contributed by atoms with Gasteiger partial charge in [0.1, 0.15) is 11.8 Å². The number of carbonyl (C=O) groups excluding carboxylic acids is 3. The molecule has 7 heteroatoms. The molecule has 0 bridgehead atoms. The van der Waals surface area contributed by atoms with Crippen LogP contribution in [0.5, 0.6) is 0 Å². The molecule has 1 aliphatic rings. The van der Waals surface area contributed by atoms with Crippen LogP contribution in [0.2, 0.25) is 0 Å². The number of carbonyl (C=O) groups is 3. The Morgan fingerprint density at radius 2 is 2.00 bits per heavy atom. The lowest BCUT2D eigenvalue weighted by atomic mass is 10.1. The average Bonchev–Trinajstić information content (AvgIpc) is 2.36. The van der Waals surface area contributed by atoms with Gasteiger partial charge >= 0.3 is 18.0 Å². The van der Waals surface area contributed by atoms with Crippen molar-refractivity contribution in [2.45, 2.75) is 45.8 Å². The van der Waals surface area contributed by atoms with Gasteiger partial charge < -0.3 is 14.2 Å². The minimum absolute atomic E-state index is 0.305. The van der Waals surface area contributed by atoms with E-state index in [0.717, 1.165) is 4.90 Å². The van der Waals surface area contributed by atoms with Gasteiger partial charge in [0.2, 0.25) is 0 Å². The smallest absolute Gasteiger partial charge is 0.414 e. The molecule has 1 heterocycles. The van der Waals surface area contributed by atoms with Gasteiger partial charge in [-0.25, -0.2) is 9.59 Å². The van der Waals surface area contributed by atoms with E-state index in [4.69, 9.17) is 9.47 Å². The molecule has 0 saturated carbocycles. The van der Waals surface area contributed by atoms with Gasteiger partial charge in [0.25, 0.3) is 0 Å². The lowest BCUT2D eigenvalue weighted by Crippen LogP contribution is -2.45. The molecule has 0 saturated heterocycles. The molecule has 0 aromatic heterocycles. The number of esters is 2. The number of rotatable bonds is 3. The van der Waals surface area contributed by atoms with Crippen LogP contribution in [0, 0.1) is 0 Å². The second-order valence-electron chi connectivity index (χ2n) is 4.61. The van der Waals surface area contributed by atoms with Crippen LogP contribution in [-0.4, -0.2) is 42.2 Å².